The van der Waals surface area contributed by atoms with Crippen LogP contribution in [0.3, 0.4) is 0 Å². The molecule has 0 aliphatic rings. The van der Waals surface area contributed by atoms with Gasteiger partial charge in [0.1, 0.15) is 0 Å². The van der Waals surface area contributed by atoms with Crippen molar-refractivity contribution in [2.24, 2.45) is 0 Å². The van der Waals surface area contributed by atoms with Crippen LogP contribution in [0.2, 0.25) is 0 Å². The smallest absolute Gasteiger partial charge is 1.00 e. The SMILES string of the molecule is C/C=C(/C)C#C/C=C(/Br)C(=O)[O-].[I-].[Zn+2]. The summed E-state index contributed by atoms with van der Waals surface area (Å²) in [7, 11) is 0. The Bertz CT molecular complexity index is 300. The fraction of sp³-hybridized carbons (Fsp3) is 0.222. The molecule has 0 atom stereocenters. The molecule has 0 aliphatic carbocycles. The van der Waals surface area contributed by atoms with Gasteiger partial charge in [-0.1, -0.05) is 17.9 Å². The van der Waals surface area contributed by atoms with Crippen molar-refractivity contribution in [1.82, 2.24) is 0 Å². The summed E-state index contributed by atoms with van der Waals surface area (Å²) in [6, 6.07) is 0. The van der Waals surface area contributed by atoms with Crippen LogP contribution in [0.25, 0.3) is 0 Å². The zero-order valence-corrected chi connectivity index (χ0v) is 14.6. The van der Waals surface area contributed by atoms with Crippen molar-refractivity contribution in [2.45, 2.75) is 13.8 Å². The second-order valence-electron chi connectivity index (χ2n) is 2.02. The molecular weight excluding hydrogens is 412 g/mol. The van der Waals surface area contributed by atoms with Gasteiger partial charge in [-0.3, -0.25) is 0 Å². The molecule has 0 aliphatic heterocycles. The largest absolute Gasteiger partial charge is 2.00 e. The van der Waals surface area contributed by atoms with Crippen LogP contribution < -0.4 is 29.1 Å². The van der Waals surface area contributed by atoms with Crippen LogP contribution in [-0.2, 0) is 24.3 Å². The van der Waals surface area contributed by atoms with Gasteiger partial charge in [0, 0.05) is 10.6 Å². The number of carboxylic acid groups (broad SMARTS) is 1. The fourth-order valence-corrected chi connectivity index (χ4v) is 0.459. The van der Waals surface area contributed by atoms with Gasteiger partial charge in [0.15, 0.2) is 0 Å². The Labute approximate surface area is 122 Å². The van der Waals surface area contributed by atoms with Crippen molar-refractivity contribution < 1.29 is 53.4 Å². The van der Waals surface area contributed by atoms with Crippen LogP contribution in [0.15, 0.2) is 22.2 Å². The summed E-state index contributed by atoms with van der Waals surface area (Å²) in [4.78, 5) is 10.1. The van der Waals surface area contributed by atoms with E-state index in [1.54, 1.807) is 0 Å². The summed E-state index contributed by atoms with van der Waals surface area (Å²) < 4.78 is -0.0427. The van der Waals surface area contributed by atoms with Crippen molar-refractivity contribution in [2.75, 3.05) is 0 Å². The van der Waals surface area contributed by atoms with Gasteiger partial charge in [0.05, 0.1) is 5.97 Å². The Morgan fingerprint density at radius 2 is 2.00 bits per heavy atom. The van der Waals surface area contributed by atoms with Gasteiger partial charge in [-0.05, 0) is 35.4 Å². The summed E-state index contributed by atoms with van der Waals surface area (Å²) in [6.07, 6.45) is 3.09. The average Bonchev–Trinajstić information content (AvgIpc) is 2.03. The number of hydrogen-bond donors (Lipinski definition) is 0. The molecule has 0 rings (SSSR count). The third kappa shape index (κ3) is 10.4. The summed E-state index contributed by atoms with van der Waals surface area (Å²) in [5.74, 6) is 4.04. The monoisotopic (exact) mass is 418 g/mol. The maximum Gasteiger partial charge on any atom is 2.00 e. The van der Waals surface area contributed by atoms with E-state index in [9.17, 15) is 9.90 Å². The number of carbonyl (C=O) groups excluding carboxylic acids is 1. The predicted octanol–water partition coefficient (Wildman–Crippen LogP) is -2.01. The van der Waals surface area contributed by atoms with E-state index in [2.05, 4.69) is 27.8 Å². The van der Waals surface area contributed by atoms with E-state index in [-0.39, 0.29) is 47.9 Å². The molecule has 0 fully saturated rings. The Hall–Kier alpha value is 0.343. The van der Waals surface area contributed by atoms with E-state index in [4.69, 9.17) is 0 Å². The minimum Gasteiger partial charge on any atom is -1.00 e. The Morgan fingerprint density at radius 1 is 1.50 bits per heavy atom. The van der Waals surface area contributed by atoms with Gasteiger partial charge in [0.2, 0.25) is 0 Å². The summed E-state index contributed by atoms with van der Waals surface area (Å²) >= 11 is 2.79. The molecule has 14 heavy (non-hydrogen) atoms. The maximum absolute atomic E-state index is 10.1. The molecule has 0 spiro atoms. The number of carboxylic acids is 1. The molecule has 0 saturated heterocycles. The number of hydrogen-bond acceptors (Lipinski definition) is 2. The van der Waals surface area contributed by atoms with E-state index in [0.29, 0.717) is 0 Å². The molecule has 0 amide bonds. The average molecular weight is 420 g/mol. The number of aliphatic carboxylic acids is 1. The normalized spacial score (nSPS) is 10.2. The number of rotatable bonds is 1. The van der Waals surface area contributed by atoms with Crippen LogP contribution >= 0.6 is 15.9 Å². The molecule has 0 N–H and O–H groups in total. The Balaban J connectivity index is -0.000000605. The second-order valence-corrected chi connectivity index (χ2v) is 2.88. The molecule has 0 heterocycles. The standard InChI is InChI=1S/C9H9BrO2.HI.Zn/c1-3-7(2)5-4-6-8(10)9(11)12;;/h3,6H,1-2H3,(H,11,12);1H;/q;;+2/p-2/b7-3-,8-6+;;. The number of carbonyl (C=O) groups is 1. The first-order valence-electron chi connectivity index (χ1n) is 3.29. The van der Waals surface area contributed by atoms with E-state index in [1.165, 1.54) is 6.08 Å². The van der Waals surface area contributed by atoms with Crippen molar-refractivity contribution >= 4 is 21.9 Å². The Morgan fingerprint density at radius 3 is 2.36 bits per heavy atom. The molecule has 5 heteroatoms. The third-order valence-corrected chi connectivity index (χ3v) is 1.65. The van der Waals surface area contributed by atoms with Crippen LogP contribution in [0.4, 0.5) is 0 Å². The molecular formula is C9H8BrIO2Zn. The summed E-state index contributed by atoms with van der Waals surface area (Å²) in [5, 5.41) is 10.1. The molecule has 0 aromatic carbocycles. The summed E-state index contributed by atoms with van der Waals surface area (Å²) in [5.41, 5.74) is 0.893. The van der Waals surface area contributed by atoms with E-state index in [0.717, 1.165) is 5.57 Å². The van der Waals surface area contributed by atoms with Gasteiger partial charge in [-0.15, -0.1) is 0 Å². The number of halogens is 2. The molecule has 0 aromatic heterocycles. The van der Waals surface area contributed by atoms with Crippen molar-refractivity contribution in [3.8, 4) is 11.8 Å². The van der Waals surface area contributed by atoms with E-state index in [1.807, 2.05) is 19.9 Å². The Kier molecular flexibility index (Phi) is 16.2. The molecule has 2 nitrogen and oxygen atoms in total. The molecule has 0 saturated carbocycles. The predicted molar refractivity (Wildman–Crippen MR) is 49.2 cm³/mol. The first-order valence-corrected chi connectivity index (χ1v) is 4.08. The minimum atomic E-state index is -1.26. The van der Waals surface area contributed by atoms with Gasteiger partial charge in [-0.25, -0.2) is 0 Å². The van der Waals surface area contributed by atoms with Crippen molar-refractivity contribution in [3.05, 3.63) is 22.2 Å². The van der Waals surface area contributed by atoms with Gasteiger partial charge in [0.25, 0.3) is 0 Å². The molecule has 0 bridgehead atoms. The van der Waals surface area contributed by atoms with Crippen LogP contribution in [0.5, 0.6) is 0 Å². The van der Waals surface area contributed by atoms with E-state index < -0.39 is 5.97 Å². The van der Waals surface area contributed by atoms with Gasteiger partial charge in [-0.2, -0.15) is 0 Å². The molecule has 72 valence electrons. The van der Waals surface area contributed by atoms with Crippen LogP contribution in [0, 0.1) is 11.8 Å². The topological polar surface area (TPSA) is 40.1 Å². The van der Waals surface area contributed by atoms with Gasteiger partial charge >= 0.3 is 19.5 Å². The minimum absolute atomic E-state index is 0. The maximum atomic E-state index is 10.1. The quantitative estimate of drug-likeness (QED) is 0.213. The first kappa shape index (κ1) is 19.8. The first-order chi connectivity index (χ1) is 5.57. The molecule has 0 unspecified atom stereocenters. The van der Waals surface area contributed by atoms with Gasteiger partial charge < -0.3 is 33.9 Å². The van der Waals surface area contributed by atoms with E-state index >= 15 is 0 Å². The molecule has 0 aromatic rings. The number of allylic oxidation sites excluding steroid dienone is 3. The zero-order valence-electron chi connectivity index (χ0n) is 7.93. The fourth-order valence-electron chi connectivity index (χ4n) is 0.344. The van der Waals surface area contributed by atoms with Crippen molar-refractivity contribution in [1.29, 1.82) is 0 Å². The van der Waals surface area contributed by atoms with Crippen LogP contribution in [0.1, 0.15) is 13.8 Å². The second kappa shape index (κ2) is 11.4. The van der Waals surface area contributed by atoms with Crippen LogP contribution in [-0.4, -0.2) is 5.97 Å². The van der Waals surface area contributed by atoms with Crippen molar-refractivity contribution in [3.63, 3.8) is 0 Å². The molecule has 0 radical (unpaired) electrons. The third-order valence-electron chi connectivity index (χ3n) is 1.10. The zero-order chi connectivity index (χ0) is 9.56. The summed E-state index contributed by atoms with van der Waals surface area (Å²) in [6.45, 7) is 3.70.